The Morgan fingerprint density at radius 3 is 1.94 bits per heavy atom. The largest absolute Gasteiger partial charge is 0.461 e. The van der Waals surface area contributed by atoms with E-state index in [0.717, 1.165) is 6.29 Å². The second kappa shape index (κ2) is 11.3. The lowest BCUT2D eigenvalue weighted by Gasteiger charge is -2.70. The minimum absolute atomic E-state index is 0.0308. The Balaban J connectivity index is 1.37. The number of aliphatic hydroxyl groups excluding tert-OH is 2. The summed E-state index contributed by atoms with van der Waals surface area (Å²) in [7, 11) is 1.80. The molecule has 2 saturated heterocycles. The molecular formula is C39H41NO11. The molecule has 51 heavy (non-hydrogen) atoms. The number of esters is 4. The summed E-state index contributed by atoms with van der Waals surface area (Å²) in [5, 5.41) is 25.1. The molecule has 8 fully saturated rings. The third-order valence-electron chi connectivity index (χ3n) is 13.3. The van der Waals surface area contributed by atoms with Crippen LogP contribution in [0.1, 0.15) is 47.9 Å². The van der Waals surface area contributed by atoms with Crippen LogP contribution < -0.4 is 0 Å². The number of fused-ring (bicyclic) bond motifs is 1. The van der Waals surface area contributed by atoms with Crippen molar-refractivity contribution in [2.45, 2.75) is 75.9 Å². The Labute approximate surface area is 294 Å². The zero-order valence-corrected chi connectivity index (χ0v) is 28.7. The van der Waals surface area contributed by atoms with Crippen LogP contribution in [-0.4, -0.2) is 101 Å². The molecule has 2 aliphatic heterocycles. The van der Waals surface area contributed by atoms with Crippen LogP contribution >= 0.6 is 0 Å². The first-order valence-corrected chi connectivity index (χ1v) is 17.4. The molecule has 2 spiro atoms. The number of carbonyl (C=O) groups is 5. The highest BCUT2D eigenvalue weighted by molar-refractivity contribution is 5.90. The van der Waals surface area contributed by atoms with Crippen LogP contribution in [0, 0.1) is 39.9 Å². The highest BCUT2D eigenvalue weighted by Gasteiger charge is 2.95. The zero-order chi connectivity index (χ0) is 36.4. The number of carbonyl (C=O) groups excluding carboxylic acids is 5. The number of hydrogen-bond donors (Lipinski definition) is 2. The second-order valence-electron chi connectivity index (χ2n) is 15.5. The molecule has 6 saturated carbocycles. The van der Waals surface area contributed by atoms with E-state index in [1.807, 2.05) is 4.90 Å². The molecule has 7 bridgehead atoms. The van der Waals surface area contributed by atoms with E-state index in [4.69, 9.17) is 18.9 Å². The third-order valence-corrected chi connectivity index (χ3v) is 13.3. The molecule has 0 aromatic heterocycles. The van der Waals surface area contributed by atoms with E-state index < -0.39 is 113 Å². The highest BCUT2D eigenvalue weighted by Crippen LogP contribution is 2.85. The maximum atomic E-state index is 13.8. The first-order chi connectivity index (χ1) is 24.3. The lowest BCUT2D eigenvalue weighted by Crippen LogP contribution is -2.81. The molecule has 2 aromatic carbocycles. The van der Waals surface area contributed by atoms with Crippen LogP contribution in [0.5, 0.6) is 0 Å². The number of benzene rings is 2. The van der Waals surface area contributed by atoms with Gasteiger partial charge in [0, 0.05) is 66.4 Å². The fourth-order valence-corrected chi connectivity index (χ4v) is 12.4. The molecule has 12 heteroatoms. The molecule has 268 valence electrons. The lowest BCUT2D eigenvalue weighted by atomic mass is 9.37. The van der Waals surface area contributed by atoms with Gasteiger partial charge in [0.2, 0.25) is 0 Å². The van der Waals surface area contributed by atoms with Gasteiger partial charge in [-0.15, -0.1) is 0 Å². The van der Waals surface area contributed by atoms with E-state index >= 15 is 0 Å². The van der Waals surface area contributed by atoms with Gasteiger partial charge in [-0.25, -0.2) is 9.59 Å². The quantitative estimate of drug-likeness (QED) is 0.188. The summed E-state index contributed by atoms with van der Waals surface area (Å²) in [4.78, 5) is 69.1. The van der Waals surface area contributed by atoms with Crippen LogP contribution in [0.3, 0.4) is 0 Å². The van der Waals surface area contributed by atoms with Crippen molar-refractivity contribution in [1.82, 2.24) is 4.90 Å². The van der Waals surface area contributed by atoms with Gasteiger partial charge in [-0.3, -0.25) is 14.5 Å². The van der Waals surface area contributed by atoms with Crippen LogP contribution in [0.2, 0.25) is 0 Å². The van der Waals surface area contributed by atoms with Crippen molar-refractivity contribution in [1.29, 1.82) is 0 Å². The molecular weight excluding hydrogens is 658 g/mol. The summed E-state index contributed by atoms with van der Waals surface area (Å²) >= 11 is 0. The number of aldehydes is 1. The summed E-state index contributed by atoms with van der Waals surface area (Å²) in [6.07, 6.45) is -6.42. The molecule has 2 heterocycles. The molecule has 6 aliphatic carbocycles. The summed E-state index contributed by atoms with van der Waals surface area (Å²) < 4.78 is 25.1. The summed E-state index contributed by atoms with van der Waals surface area (Å²) in [5.41, 5.74) is -3.34. The van der Waals surface area contributed by atoms with Crippen molar-refractivity contribution < 1.29 is 53.1 Å². The van der Waals surface area contributed by atoms with Crippen LogP contribution in [0.15, 0.2) is 72.8 Å². The number of hydrogen-bond acceptors (Lipinski definition) is 12. The maximum Gasteiger partial charge on any atom is 0.338 e. The van der Waals surface area contributed by atoms with Gasteiger partial charge in [0.15, 0.2) is 0 Å². The number of likely N-dealkylation sites (N-methyl/N-ethyl adjacent to an activating group) is 1. The molecule has 8 aliphatic rings. The average Bonchev–Trinajstić information content (AvgIpc) is 3.44. The van der Waals surface area contributed by atoms with Crippen molar-refractivity contribution in [3.8, 4) is 0 Å². The van der Waals surface area contributed by atoms with Gasteiger partial charge in [0.1, 0.15) is 30.7 Å². The first-order valence-electron chi connectivity index (χ1n) is 17.4. The summed E-state index contributed by atoms with van der Waals surface area (Å²) in [5.74, 6) is -6.05. The van der Waals surface area contributed by atoms with Crippen molar-refractivity contribution in [3.05, 3.63) is 83.9 Å². The van der Waals surface area contributed by atoms with Crippen molar-refractivity contribution in [3.63, 3.8) is 0 Å². The van der Waals surface area contributed by atoms with Crippen molar-refractivity contribution in [2.75, 3.05) is 7.05 Å². The fourth-order valence-electron chi connectivity index (χ4n) is 12.4. The molecule has 0 amide bonds. The smallest absolute Gasteiger partial charge is 0.338 e. The van der Waals surface area contributed by atoms with E-state index in [1.54, 1.807) is 74.6 Å². The van der Waals surface area contributed by atoms with Crippen LogP contribution in [-0.2, 0) is 33.3 Å². The number of rotatable bonds is 7. The van der Waals surface area contributed by atoms with Gasteiger partial charge in [-0.2, -0.15) is 0 Å². The maximum absolute atomic E-state index is 13.8. The molecule has 0 radical (unpaired) electrons. The topological polar surface area (TPSA) is 166 Å². The molecule has 12 nitrogen and oxygen atoms in total. The third kappa shape index (κ3) is 4.09. The van der Waals surface area contributed by atoms with Gasteiger partial charge in [0.25, 0.3) is 0 Å². The Morgan fingerprint density at radius 1 is 0.824 bits per heavy atom. The SMILES string of the molecule is C=C1[C@@H]2[C@@H](OC(C)=O)[C@@H]3[C@@]4([C@H]([C@H]2OC(=O)c2ccccc2)[C@H]2N(C)[C@@H]([C@@H]4O)[C@H]4[C@]32[C@H](OC(C)=O)[C@@H](OC(=O)c2ccccc2)C[C@@]4(C)C=O)[C@H]1O. The molecule has 2 aromatic rings. The monoisotopic (exact) mass is 699 g/mol. The zero-order valence-electron chi connectivity index (χ0n) is 28.7. The Bertz CT molecular complexity index is 1830. The van der Waals surface area contributed by atoms with Crippen molar-refractivity contribution >= 4 is 30.2 Å². The standard InChI is InChI=1S/C39H41NO11/c1-18-24-27(51-36(47)22-14-10-7-11-15-22)25-31-39-29(26(40(31)5)33(45)38(25,32(18)44)30(39)28(24)48-19(2)42)37(4,17-41)16-23(34(39)49-20(3)43)50-35(46)21-12-8-6-9-13-21/h6-15,17,23-34,44-45H,1,16H2,2-5H3/t23-,24-,25+,26+,27-,28+,29+,30+,31+,32-,33-,34+,37-,38-,39-/m0/s1. The van der Waals surface area contributed by atoms with E-state index in [0.29, 0.717) is 0 Å². The van der Waals surface area contributed by atoms with E-state index in [1.165, 1.54) is 13.8 Å². The average molecular weight is 700 g/mol. The Morgan fingerprint density at radius 2 is 1.39 bits per heavy atom. The minimum atomic E-state index is -1.51. The fraction of sp³-hybridized carbons (Fsp3) is 0.513. The Kier molecular flexibility index (Phi) is 7.48. The predicted octanol–water partition coefficient (Wildman–Crippen LogP) is 2.36. The predicted molar refractivity (Wildman–Crippen MR) is 177 cm³/mol. The highest BCUT2D eigenvalue weighted by atomic mass is 16.6. The van der Waals surface area contributed by atoms with E-state index in [9.17, 15) is 34.2 Å². The normalized spacial score (nSPS) is 44.0. The summed E-state index contributed by atoms with van der Waals surface area (Å²) in [6, 6.07) is 15.2. The van der Waals surface area contributed by atoms with Crippen LogP contribution in [0.25, 0.3) is 0 Å². The van der Waals surface area contributed by atoms with Gasteiger partial charge in [-0.1, -0.05) is 49.9 Å². The Hall–Kier alpha value is -4.39. The number of ether oxygens (including phenoxy) is 4. The molecule has 15 atom stereocenters. The number of nitrogens with zero attached hydrogens (tertiary/aromatic N) is 1. The number of piperidine rings is 1. The number of aliphatic hydroxyl groups is 2. The lowest BCUT2D eigenvalue weighted by molar-refractivity contribution is -0.308. The van der Waals surface area contributed by atoms with E-state index in [-0.39, 0.29) is 23.1 Å². The van der Waals surface area contributed by atoms with E-state index in [2.05, 4.69) is 6.58 Å². The van der Waals surface area contributed by atoms with Crippen LogP contribution in [0.4, 0.5) is 0 Å². The first kappa shape index (κ1) is 33.7. The summed E-state index contributed by atoms with van der Waals surface area (Å²) in [6.45, 7) is 8.47. The van der Waals surface area contributed by atoms with Gasteiger partial charge >= 0.3 is 23.9 Å². The second-order valence-corrected chi connectivity index (χ2v) is 15.5. The van der Waals surface area contributed by atoms with Gasteiger partial charge in [-0.05, 0) is 36.9 Å². The molecule has 0 unspecified atom stereocenters. The molecule has 2 N–H and O–H groups in total. The van der Waals surface area contributed by atoms with Gasteiger partial charge in [0.05, 0.1) is 29.3 Å². The molecule has 10 rings (SSSR count). The van der Waals surface area contributed by atoms with Crippen molar-refractivity contribution in [2.24, 2.45) is 39.9 Å². The van der Waals surface area contributed by atoms with Gasteiger partial charge < -0.3 is 34.0 Å². The minimum Gasteiger partial charge on any atom is -0.461 e.